The SMILES string of the molecule is C=CCN1C(=O)NC2(CCCCC2C(=O)OCC)C1=O. The summed E-state index contributed by atoms with van der Waals surface area (Å²) >= 11 is 0. The highest BCUT2D eigenvalue weighted by Gasteiger charge is 2.58. The number of ether oxygens (including phenoxy) is 1. The molecule has 0 aromatic heterocycles. The molecule has 6 nitrogen and oxygen atoms in total. The Morgan fingerprint density at radius 3 is 2.95 bits per heavy atom. The predicted octanol–water partition coefficient (Wildman–Crippen LogP) is 1.22. The van der Waals surface area contributed by atoms with Crippen molar-refractivity contribution in [3.63, 3.8) is 0 Å². The molecule has 2 atom stereocenters. The number of rotatable bonds is 4. The maximum atomic E-state index is 12.6. The standard InChI is InChI=1S/C14H20N2O4/c1-3-9-16-12(18)14(15-13(16)19)8-6-5-7-10(14)11(17)20-4-2/h3,10H,1,4-9H2,2H3,(H,15,19). The van der Waals surface area contributed by atoms with Crippen LogP contribution in [0.25, 0.3) is 0 Å². The second kappa shape index (κ2) is 5.64. The van der Waals surface area contributed by atoms with E-state index in [1.54, 1.807) is 6.92 Å². The molecule has 1 saturated heterocycles. The summed E-state index contributed by atoms with van der Waals surface area (Å²) in [6.45, 7) is 5.70. The van der Waals surface area contributed by atoms with Crippen LogP contribution in [-0.2, 0) is 14.3 Å². The largest absolute Gasteiger partial charge is 0.466 e. The van der Waals surface area contributed by atoms with E-state index in [1.807, 2.05) is 0 Å². The van der Waals surface area contributed by atoms with Gasteiger partial charge in [0.1, 0.15) is 5.54 Å². The zero-order valence-corrected chi connectivity index (χ0v) is 11.7. The number of carbonyl (C=O) groups is 3. The number of hydrogen-bond donors (Lipinski definition) is 1. The van der Waals surface area contributed by atoms with Crippen molar-refractivity contribution in [2.24, 2.45) is 5.92 Å². The Morgan fingerprint density at radius 1 is 1.55 bits per heavy atom. The molecule has 110 valence electrons. The first-order chi connectivity index (χ1) is 9.56. The summed E-state index contributed by atoms with van der Waals surface area (Å²) in [5.41, 5.74) is -1.12. The van der Waals surface area contributed by atoms with E-state index in [2.05, 4.69) is 11.9 Å². The Balaban J connectivity index is 2.30. The van der Waals surface area contributed by atoms with Crippen molar-refractivity contribution >= 4 is 17.9 Å². The highest BCUT2D eigenvalue weighted by molar-refractivity contribution is 6.09. The van der Waals surface area contributed by atoms with Crippen molar-refractivity contribution in [2.45, 2.75) is 38.1 Å². The molecule has 0 aromatic rings. The number of esters is 1. The quantitative estimate of drug-likeness (QED) is 0.477. The normalized spacial score (nSPS) is 29.4. The number of urea groups is 1. The summed E-state index contributed by atoms with van der Waals surface area (Å²) < 4.78 is 5.07. The molecule has 1 N–H and O–H groups in total. The van der Waals surface area contributed by atoms with E-state index in [9.17, 15) is 14.4 Å². The average molecular weight is 280 g/mol. The summed E-state index contributed by atoms with van der Waals surface area (Å²) in [6, 6.07) is -0.453. The van der Waals surface area contributed by atoms with Gasteiger partial charge in [0.15, 0.2) is 0 Å². The van der Waals surface area contributed by atoms with Gasteiger partial charge in [0, 0.05) is 6.54 Å². The van der Waals surface area contributed by atoms with Crippen LogP contribution in [0.1, 0.15) is 32.6 Å². The van der Waals surface area contributed by atoms with Crippen LogP contribution in [0.3, 0.4) is 0 Å². The monoisotopic (exact) mass is 280 g/mol. The Labute approximate surface area is 118 Å². The van der Waals surface area contributed by atoms with Gasteiger partial charge >= 0.3 is 12.0 Å². The third-order valence-electron chi connectivity index (χ3n) is 3.99. The highest BCUT2D eigenvalue weighted by atomic mass is 16.5. The third-order valence-corrected chi connectivity index (χ3v) is 3.99. The molecule has 2 unspecified atom stereocenters. The van der Waals surface area contributed by atoms with Crippen LogP contribution in [-0.4, -0.2) is 41.5 Å². The first-order valence-corrected chi connectivity index (χ1v) is 6.98. The van der Waals surface area contributed by atoms with Crippen LogP contribution in [0.5, 0.6) is 0 Å². The Bertz CT molecular complexity index is 448. The molecule has 1 spiro atoms. The van der Waals surface area contributed by atoms with E-state index >= 15 is 0 Å². The minimum atomic E-state index is -1.12. The molecule has 6 heteroatoms. The van der Waals surface area contributed by atoms with Gasteiger partial charge in [-0.3, -0.25) is 14.5 Å². The first kappa shape index (κ1) is 14.6. The summed E-state index contributed by atoms with van der Waals surface area (Å²) in [6.07, 6.45) is 4.21. The van der Waals surface area contributed by atoms with Crippen LogP contribution in [0, 0.1) is 5.92 Å². The minimum Gasteiger partial charge on any atom is -0.466 e. The molecule has 0 bridgehead atoms. The number of amides is 3. The topological polar surface area (TPSA) is 75.7 Å². The van der Waals surface area contributed by atoms with Crippen molar-refractivity contribution in [3.05, 3.63) is 12.7 Å². The van der Waals surface area contributed by atoms with E-state index in [0.29, 0.717) is 12.8 Å². The highest BCUT2D eigenvalue weighted by Crippen LogP contribution is 2.39. The second-order valence-corrected chi connectivity index (χ2v) is 5.16. The maximum absolute atomic E-state index is 12.6. The van der Waals surface area contributed by atoms with E-state index < -0.39 is 23.5 Å². The van der Waals surface area contributed by atoms with Crippen molar-refractivity contribution in [2.75, 3.05) is 13.2 Å². The average Bonchev–Trinajstić information content (AvgIpc) is 2.65. The number of imide groups is 1. The fourth-order valence-corrected chi connectivity index (χ4v) is 3.08. The van der Waals surface area contributed by atoms with Gasteiger partial charge in [0.25, 0.3) is 5.91 Å². The molecule has 0 radical (unpaired) electrons. The van der Waals surface area contributed by atoms with E-state index in [-0.39, 0.29) is 19.1 Å². The molecule has 2 rings (SSSR count). The van der Waals surface area contributed by atoms with Crippen LogP contribution in [0.15, 0.2) is 12.7 Å². The van der Waals surface area contributed by atoms with Crippen molar-refractivity contribution in [3.8, 4) is 0 Å². The van der Waals surface area contributed by atoms with Gasteiger partial charge in [-0.15, -0.1) is 6.58 Å². The molecule has 2 aliphatic rings. The third kappa shape index (κ3) is 2.19. The molecule has 1 saturated carbocycles. The van der Waals surface area contributed by atoms with Crippen LogP contribution in [0.2, 0.25) is 0 Å². The molecule has 2 fully saturated rings. The molecule has 1 aliphatic carbocycles. The van der Waals surface area contributed by atoms with Gasteiger partial charge in [-0.2, -0.15) is 0 Å². The van der Waals surface area contributed by atoms with Crippen molar-refractivity contribution in [1.82, 2.24) is 10.2 Å². The van der Waals surface area contributed by atoms with Gasteiger partial charge in [-0.1, -0.05) is 18.9 Å². The lowest BCUT2D eigenvalue weighted by Crippen LogP contribution is -2.57. The summed E-state index contributed by atoms with van der Waals surface area (Å²) in [5, 5.41) is 2.73. The molecule has 20 heavy (non-hydrogen) atoms. The zero-order chi connectivity index (χ0) is 14.8. The first-order valence-electron chi connectivity index (χ1n) is 6.98. The zero-order valence-electron chi connectivity index (χ0n) is 11.7. The summed E-state index contributed by atoms with van der Waals surface area (Å²) in [7, 11) is 0. The van der Waals surface area contributed by atoms with E-state index in [4.69, 9.17) is 4.74 Å². The van der Waals surface area contributed by atoms with Gasteiger partial charge in [-0.25, -0.2) is 4.79 Å². The molecular weight excluding hydrogens is 260 g/mol. The van der Waals surface area contributed by atoms with Crippen LogP contribution >= 0.6 is 0 Å². The number of carbonyl (C=O) groups excluding carboxylic acids is 3. The smallest absolute Gasteiger partial charge is 0.325 e. The molecule has 1 heterocycles. The van der Waals surface area contributed by atoms with E-state index in [1.165, 1.54) is 6.08 Å². The van der Waals surface area contributed by atoms with Crippen LogP contribution in [0.4, 0.5) is 4.79 Å². The number of nitrogens with one attached hydrogen (secondary N) is 1. The molecular formula is C14H20N2O4. The van der Waals surface area contributed by atoms with E-state index in [0.717, 1.165) is 17.7 Å². The van der Waals surface area contributed by atoms with Gasteiger partial charge in [0.2, 0.25) is 0 Å². The lowest BCUT2D eigenvalue weighted by atomic mass is 9.72. The van der Waals surface area contributed by atoms with Gasteiger partial charge in [-0.05, 0) is 19.8 Å². The lowest BCUT2D eigenvalue weighted by molar-refractivity contribution is -0.156. The number of nitrogens with zero attached hydrogens (tertiary/aromatic N) is 1. The summed E-state index contributed by atoms with van der Waals surface area (Å²) in [5.74, 6) is -1.33. The van der Waals surface area contributed by atoms with Gasteiger partial charge in [0.05, 0.1) is 12.5 Å². The Morgan fingerprint density at radius 2 is 2.30 bits per heavy atom. The predicted molar refractivity (Wildman–Crippen MR) is 71.8 cm³/mol. The summed E-state index contributed by atoms with van der Waals surface area (Å²) in [4.78, 5) is 37.8. The molecule has 0 aromatic carbocycles. The van der Waals surface area contributed by atoms with Crippen molar-refractivity contribution < 1.29 is 19.1 Å². The van der Waals surface area contributed by atoms with Crippen LogP contribution < -0.4 is 5.32 Å². The van der Waals surface area contributed by atoms with Crippen molar-refractivity contribution in [1.29, 1.82) is 0 Å². The fraction of sp³-hybridized carbons (Fsp3) is 0.643. The maximum Gasteiger partial charge on any atom is 0.325 e. The Kier molecular flexibility index (Phi) is 4.11. The molecule has 1 aliphatic heterocycles. The molecule has 3 amide bonds. The second-order valence-electron chi connectivity index (χ2n) is 5.16. The minimum absolute atomic E-state index is 0.155. The fourth-order valence-electron chi connectivity index (χ4n) is 3.08. The Hall–Kier alpha value is -1.85. The van der Waals surface area contributed by atoms with Gasteiger partial charge < -0.3 is 10.1 Å². The lowest BCUT2D eigenvalue weighted by Gasteiger charge is -2.37. The number of hydrogen-bond acceptors (Lipinski definition) is 4.